The average molecular weight is 327 g/mol. The number of sulfonamides is 1. The molecular formula is C14H11F2NO4S. The zero-order valence-electron chi connectivity index (χ0n) is 11.3. The smallest absolute Gasteiger partial charge is 0.270 e. The molecule has 0 saturated carbocycles. The molecule has 0 atom stereocenters. The van der Waals surface area contributed by atoms with Crippen molar-refractivity contribution in [3.05, 3.63) is 59.7 Å². The van der Waals surface area contributed by atoms with Crippen LogP contribution in [0.2, 0.25) is 0 Å². The van der Waals surface area contributed by atoms with Crippen LogP contribution in [0.15, 0.2) is 47.4 Å². The van der Waals surface area contributed by atoms with Crippen LogP contribution < -0.4 is 9.46 Å². The number of methoxy groups -OCH3 is 1. The Morgan fingerprint density at radius 1 is 1.09 bits per heavy atom. The van der Waals surface area contributed by atoms with Crippen molar-refractivity contribution in [3.8, 4) is 5.75 Å². The lowest BCUT2D eigenvalue weighted by Gasteiger charge is -2.09. The van der Waals surface area contributed by atoms with E-state index in [1.807, 2.05) is 0 Å². The van der Waals surface area contributed by atoms with Gasteiger partial charge in [-0.05, 0) is 24.3 Å². The molecule has 0 bridgehead atoms. The van der Waals surface area contributed by atoms with Gasteiger partial charge in [-0.2, -0.15) is 0 Å². The van der Waals surface area contributed by atoms with E-state index in [0.29, 0.717) is 0 Å². The molecule has 1 N–H and O–H groups in total. The predicted octanol–water partition coefficient (Wildman–Crippen LogP) is 2.09. The van der Waals surface area contributed by atoms with Crippen LogP contribution in [0.5, 0.6) is 5.75 Å². The van der Waals surface area contributed by atoms with Gasteiger partial charge in [-0.25, -0.2) is 21.9 Å². The van der Waals surface area contributed by atoms with Gasteiger partial charge in [0.25, 0.3) is 15.9 Å². The van der Waals surface area contributed by atoms with Gasteiger partial charge in [0.2, 0.25) is 0 Å². The highest BCUT2D eigenvalue weighted by molar-refractivity contribution is 7.90. The zero-order chi connectivity index (χ0) is 16.3. The molecule has 0 heterocycles. The number of ether oxygens (including phenoxy) is 1. The van der Waals surface area contributed by atoms with Crippen LogP contribution in [0.4, 0.5) is 8.78 Å². The second-order valence-corrected chi connectivity index (χ2v) is 5.89. The summed E-state index contributed by atoms with van der Waals surface area (Å²) in [6.45, 7) is 0. The fourth-order valence-electron chi connectivity index (χ4n) is 1.72. The Hall–Kier alpha value is -2.48. The summed E-state index contributed by atoms with van der Waals surface area (Å²) in [4.78, 5) is 11.6. The van der Waals surface area contributed by atoms with E-state index >= 15 is 0 Å². The molecule has 0 aliphatic rings. The van der Waals surface area contributed by atoms with Crippen LogP contribution in [-0.4, -0.2) is 21.4 Å². The van der Waals surface area contributed by atoms with Gasteiger partial charge in [0.1, 0.15) is 22.9 Å². The summed E-state index contributed by atoms with van der Waals surface area (Å²) in [5, 5.41) is 0. The number of rotatable bonds is 4. The van der Waals surface area contributed by atoms with Crippen LogP contribution in [0, 0.1) is 11.6 Å². The number of hydrogen-bond donors (Lipinski definition) is 1. The average Bonchev–Trinajstić information content (AvgIpc) is 2.46. The van der Waals surface area contributed by atoms with Crippen LogP contribution in [0.25, 0.3) is 0 Å². The molecule has 2 aromatic rings. The Bertz CT molecular complexity index is 801. The van der Waals surface area contributed by atoms with Crippen LogP contribution in [0.1, 0.15) is 10.4 Å². The molecule has 5 nitrogen and oxygen atoms in total. The minimum Gasteiger partial charge on any atom is -0.497 e. The number of amides is 1. The van der Waals surface area contributed by atoms with E-state index in [9.17, 15) is 22.0 Å². The van der Waals surface area contributed by atoms with Crippen molar-refractivity contribution in [2.24, 2.45) is 0 Å². The lowest BCUT2D eigenvalue weighted by atomic mass is 10.2. The summed E-state index contributed by atoms with van der Waals surface area (Å²) in [7, 11) is -2.94. The second-order valence-electron chi connectivity index (χ2n) is 4.21. The van der Waals surface area contributed by atoms with Crippen LogP contribution >= 0.6 is 0 Å². The third-order valence-electron chi connectivity index (χ3n) is 2.77. The van der Waals surface area contributed by atoms with Gasteiger partial charge in [0.15, 0.2) is 0 Å². The highest BCUT2D eigenvalue weighted by Gasteiger charge is 2.23. The molecule has 22 heavy (non-hydrogen) atoms. The lowest BCUT2D eigenvalue weighted by molar-refractivity contribution is 0.0973. The molecule has 0 aliphatic heterocycles. The highest BCUT2D eigenvalue weighted by Crippen LogP contribution is 2.18. The van der Waals surface area contributed by atoms with Gasteiger partial charge in [-0.1, -0.05) is 12.1 Å². The second kappa shape index (κ2) is 6.10. The Labute approximate surface area is 125 Å². The molecule has 0 spiro atoms. The number of benzene rings is 2. The molecule has 1 amide bonds. The van der Waals surface area contributed by atoms with Crippen molar-refractivity contribution < 1.29 is 26.7 Å². The fourth-order valence-corrected chi connectivity index (χ4v) is 2.71. The standard InChI is InChI=1S/C14H11F2NO4S/c1-21-9-4-2-5-10(8-9)22(19,20)17-14(18)13-11(15)6-3-7-12(13)16/h2-8H,1H3,(H,17,18). The summed E-state index contributed by atoms with van der Waals surface area (Å²) in [5.41, 5.74) is -0.964. The first-order valence-electron chi connectivity index (χ1n) is 6.00. The van der Waals surface area contributed by atoms with Crippen molar-refractivity contribution in [2.45, 2.75) is 4.90 Å². The first-order valence-corrected chi connectivity index (χ1v) is 7.48. The van der Waals surface area contributed by atoms with Crippen molar-refractivity contribution in [2.75, 3.05) is 7.11 Å². The quantitative estimate of drug-likeness (QED) is 0.933. The molecule has 2 aromatic carbocycles. The molecule has 0 aliphatic carbocycles. The summed E-state index contributed by atoms with van der Waals surface area (Å²) < 4.78 is 57.6. The normalized spacial score (nSPS) is 11.0. The van der Waals surface area contributed by atoms with E-state index in [1.54, 1.807) is 4.72 Å². The van der Waals surface area contributed by atoms with Gasteiger partial charge < -0.3 is 4.74 Å². The lowest BCUT2D eigenvalue weighted by Crippen LogP contribution is -2.32. The van der Waals surface area contributed by atoms with Gasteiger partial charge in [-0.3, -0.25) is 4.79 Å². The Balaban J connectivity index is 2.34. The number of carbonyl (C=O) groups is 1. The fraction of sp³-hybridized carbons (Fsp3) is 0.0714. The molecule has 0 aromatic heterocycles. The number of hydrogen-bond acceptors (Lipinski definition) is 4. The molecule has 2 rings (SSSR count). The monoisotopic (exact) mass is 327 g/mol. The maximum Gasteiger partial charge on any atom is 0.270 e. The van der Waals surface area contributed by atoms with Crippen LogP contribution in [0.3, 0.4) is 0 Å². The highest BCUT2D eigenvalue weighted by atomic mass is 32.2. The third-order valence-corrected chi connectivity index (χ3v) is 4.10. The minimum atomic E-state index is -4.29. The minimum absolute atomic E-state index is 0.257. The number of halogens is 2. The largest absolute Gasteiger partial charge is 0.497 e. The summed E-state index contributed by atoms with van der Waals surface area (Å²) in [6.07, 6.45) is 0. The van der Waals surface area contributed by atoms with Gasteiger partial charge in [0.05, 0.1) is 12.0 Å². The predicted molar refractivity (Wildman–Crippen MR) is 74.0 cm³/mol. The first kappa shape index (κ1) is 15.9. The summed E-state index contributed by atoms with van der Waals surface area (Å²) in [6, 6.07) is 8.09. The maximum absolute atomic E-state index is 13.5. The number of nitrogens with one attached hydrogen (secondary N) is 1. The summed E-state index contributed by atoms with van der Waals surface area (Å²) in [5.74, 6) is -3.44. The topological polar surface area (TPSA) is 72.5 Å². The van der Waals surface area contributed by atoms with E-state index in [1.165, 1.54) is 31.4 Å². The SMILES string of the molecule is COc1cccc(S(=O)(=O)NC(=O)c2c(F)cccc2F)c1. The molecule has 0 fully saturated rings. The first-order chi connectivity index (χ1) is 10.3. The van der Waals surface area contributed by atoms with Crippen molar-refractivity contribution in [1.29, 1.82) is 0 Å². The number of carbonyl (C=O) groups excluding carboxylic acids is 1. The third kappa shape index (κ3) is 3.22. The molecule has 0 saturated heterocycles. The van der Waals surface area contributed by atoms with Gasteiger partial charge >= 0.3 is 0 Å². The Morgan fingerprint density at radius 3 is 2.27 bits per heavy atom. The van der Waals surface area contributed by atoms with Gasteiger partial charge in [0, 0.05) is 6.07 Å². The van der Waals surface area contributed by atoms with E-state index in [-0.39, 0.29) is 10.6 Å². The maximum atomic E-state index is 13.5. The molecular weight excluding hydrogens is 316 g/mol. The van der Waals surface area contributed by atoms with E-state index in [4.69, 9.17) is 4.74 Å². The van der Waals surface area contributed by atoms with E-state index in [0.717, 1.165) is 18.2 Å². The van der Waals surface area contributed by atoms with E-state index in [2.05, 4.69) is 0 Å². The molecule has 0 unspecified atom stereocenters. The molecule has 8 heteroatoms. The Kier molecular flexibility index (Phi) is 4.41. The molecule has 116 valence electrons. The Morgan fingerprint density at radius 2 is 1.68 bits per heavy atom. The van der Waals surface area contributed by atoms with E-state index < -0.39 is 33.1 Å². The summed E-state index contributed by atoms with van der Waals surface area (Å²) >= 11 is 0. The van der Waals surface area contributed by atoms with Crippen molar-refractivity contribution >= 4 is 15.9 Å². The van der Waals surface area contributed by atoms with Gasteiger partial charge in [-0.15, -0.1) is 0 Å². The van der Waals surface area contributed by atoms with Crippen LogP contribution in [-0.2, 0) is 10.0 Å². The zero-order valence-corrected chi connectivity index (χ0v) is 12.2. The molecule has 0 radical (unpaired) electrons. The van der Waals surface area contributed by atoms with Crippen molar-refractivity contribution in [1.82, 2.24) is 4.72 Å². The van der Waals surface area contributed by atoms with Crippen molar-refractivity contribution in [3.63, 3.8) is 0 Å².